The van der Waals surface area contributed by atoms with Gasteiger partial charge in [0.05, 0.1) is 21.8 Å². The third-order valence-electron chi connectivity index (χ3n) is 3.13. The highest BCUT2D eigenvalue weighted by Gasteiger charge is 2.18. The van der Waals surface area contributed by atoms with Crippen LogP contribution < -0.4 is 4.72 Å². The highest BCUT2D eigenvalue weighted by atomic mass is 35.5. The molecule has 22 heavy (non-hydrogen) atoms. The average molecular weight is 353 g/mol. The maximum atomic E-state index is 12.3. The highest BCUT2D eigenvalue weighted by Crippen LogP contribution is 2.24. The Morgan fingerprint density at radius 3 is 2.73 bits per heavy atom. The molecule has 3 aromatic rings. The molecule has 0 saturated heterocycles. The molecule has 0 amide bonds. The number of para-hydroxylation sites is 1. The number of fused-ring (bicyclic) bond motifs is 1. The smallest absolute Gasteiger partial charge is 0.240 e. The van der Waals surface area contributed by atoms with E-state index in [2.05, 4.69) is 9.71 Å². The summed E-state index contributed by atoms with van der Waals surface area (Å²) in [6.07, 6.45) is 0. The van der Waals surface area contributed by atoms with Crippen LogP contribution in [-0.4, -0.2) is 13.4 Å². The molecule has 0 aliphatic carbocycles. The van der Waals surface area contributed by atoms with Crippen molar-refractivity contribution in [2.24, 2.45) is 0 Å². The number of nitrogens with one attached hydrogen (secondary N) is 1. The van der Waals surface area contributed by atoms with Crippen LogP contribution in [0.5, 0.6) is 0 Å². The number of thiazole rings is 1. The third kappa shape index (κ3) is 3.15. The Bertz CT molecular complexity index is 903. The molecule has 1 aromatic heterocycles. The lowest BCUT2D eigenvalue weighted by atomic mass is 10.2. The van der Waals surface area contributed by atoms with Gasteiger partial charge in [0.1, 0.15) is 9.90 Å². The fourth-order valence-corrected chi connectivity index (χ4v) is 4.64. The van der Waals surface area contributed by atoms with Gasteiger partial charge in [-0.3, -0.25) is 0 Å². The van der Waals surface area contributed by atoms with Gasteiger partial charge < -0.3 is 0 Å². The summed E-state index contributed by atoms with van der Waals surface area (Å²) in [5, 5.41) is 0.935. The predicted molar refractivity (Wildman–Crippen MR) is 89.8 cm³/mol. The molecule has 0 aliphatic heterocycles. The molecule has 0 aliphatic rings. The van der Waals surface area contributed by atoms with Crippen LogP contribution in [0, 0.1) is 6.92 Å². The maximum Gasteiger partial charge on any atom is 0.242 e. The van der Waals surface area contributed by atoms with Crippen LogP contribution in [0.2, 0.25) is 5.02 Å². The van der Waals surface area contributed by atoms with E-state index in [1.165, 1.54) is 17.4 Å². The van der Waals surface area contributed by atoms with E-state index < -0.39 is 10.0 Å². The van der Waals surface area contributed by atoms with Gasteiger partial charge in [0.2, 0.25) is 10.0 Å². The molecule has 0 unspecified atom stereocenters. The molecule has 0 atom stereocenters. The quantitative estimate of drug-likeness (QED) is 0.778. The van der Waals surface area contributed by atoms with Crippen LogP contribution in [-0.2, 0) is 16.6 Å². The van der Waals surface area contributed by atoms with Crippen LogP contribution in [0.15, 0.2) is 47.4 Å². The van der Waals surface area contributed by atoms with Crippen molar-refractivity contribution < 1.29 is 8.42 Å². The number of rotatable bonds is 4. The van der Waals surface area contributed by atoms with Crippen molar-refractivity contribution in [3.63, 3.8) is 0 Å². The Morgan fingerprint density at radius 2 is 2.00 bits per heavy atom. The van der Waals surface area contributed by atoms with Crippen molar-refractivity contribution in [3.05, 3.63) is 58.1 Å². The molecule has 7 heteroatoms. The Labute approximate surface area is 137 Å². The lowest BCUT2D eigenvalue weighted by molar-refractivity contribution is 0.581. The van der Waals surface area contributed by atoms with Crippen molar-refractivity contribution in [2.75, 3.05) is 0 Å². The largest absolute Gasteiger partial charge is 0.242 e. The summed E-state index contributed by atoms with van der Waals surface area (Å²) >= 11 is 7.50. The Hall–Kier alpha value is -1.47. The predicted octanol–water partition coefficient (Wildman–Crippen LogP) is 3.74. The normalized spacial score (nSPS) is 11.9. The number of halogens is 1. The number of hydrogen-bond donors (Lipinski definition) is 1. The first-order chi connectivity index (χ1) is 10.5. The first-order valence-electron chi connectivity index (χ1n) is 6.56. The Kier molecular flexibility index (Phi) is 4.18. The number of hydrogen-bond acceptors (Lipinski definition) is 4. The zero-order valence-corrected chi connectivity index (χ0v) is 14.1. The first-order valence-corrected chi connectivity index (χ1v) is 9.24. The van der Waals surface area contributed by atoms with Crippen LogP contribution >= 0.6 is 22.9 Å². The van der Waals surface area contributed by atoms with E-state index >= 15 is 0 Å². The molecule has 0 bridgehead atoms. The summed E-state index contributed by atoms with van der Waals surface area (Å²) in [6.45, 7) is 2.00. The minimum Gasteiger partial charge on any atom is -0.240 e. The van der Waals surface area contributed by atoms with E-state index in [1.807, 2.05) is 31.2 Å². The minimum absolute atomic E-state index is 0.0841. The zero-order valence-electron chi connectivity index (χ0n) is 11.7. The average Bonchev–Trinajstić information content (AvgIpc) is 2.87. The minimum atomic E-state index is -3.66. The van der Waals surface area contributed by atoms with Gasteiger partial charge in [0.15, 0.2) is 0 Å². The summed E-state index contributed by atoms with van der Waals surface area (Å²) in [5.74, 6) is 0. The van der Waals surface area contributed by atoms with Crippen molar-refractivity contribution >= 4 is 43.2 Å². The van der Waals surface area contributed by atoms with E-state index in [-0.39, 0.29) is 16.5 Å². The molecule has 1 N–H and O–H groups in total. The molecule has 0 radical (unpaired) electrons. The van der Waals surface area contributed by atoms with Gasteiger partial charge in [-0.15, -0.1) is 11.3 Å². The lowest BCUT2D eigenvalue weighted by Crippen LogP contribution is -2.23. The fraction of sp³-hybridized carbons (Fsp3) is 0.133. The van der Waals surface area contributed by atoms with Gasteiger partial charge in [0, 0.05) is 0 Å². The second-order valence-corrected chi connectivity index (χ2v) is 8.09. The van der Waals surface area contributed by atoms with E-state index in [1.54, 1.807) is 12.1 Å². The number of benzene rings is 2. The number of sulfonamides is 1. The molecule has 0 spiro atoms. The molecule has 4 nitrogen and oxygen atoms in total. The van der Waals surface area contributed by atoms with E-state index in [0.717, 1.165) is 15.8 Å². The number of aryl methyl sites for hydroxylation is 1. The van der Waals surface area contributed by atoms with Gasteiger partial charge in [-0.1, -0.05) is 29.8 Å². The Morgan fingerprint density at radius 1 is 1.23 bits per heavy atom. The molecule has 3 rings (SSSR count). The molecule has 2 aromatic carbocycles. The van der Waals surface area contributed by atoms with Crippen LogP contribution in [0.25, 0.3) is 10.2 Å². The summed E-state index contributed by atoms with van der Waals surface area (Å²) in [5.41, 5.74) is 1.78. The molecular formula is C15H13ClN2O2S2. The monoisotopic (exact) mass is 352 g/mol. The number of nitrogens with zero attached hydrogens (tertiary/aromatic N) is 1. The third-order valence-corrected chi connectivity index (χ3v) is 6.05. The van der Waals surface area contributed by atoms with Gasteiger partial charge in [-0.25, -0.2) is 18.1 Å². The standard InChI is InChI=1S/C15H13ClN2O2S2/c1-10-6-7-14(11(16)8-10)22(19,20)17-9-15-18-12-4-2-3-5-13(12)21-15/h2-8,17H,9H2,1H3. The Balaban J connectivity index is 1.82. The van der Waals surface area contributed by atoms with E-state index in [4.69, 9.17) is 11.6 Å². The van der Waals surface area contributed by atoms with Crippen LogP contribution in [0.3, 0.4) is 0 Å². The maximum absolute atomic E-state index is 12.3. The summed E-state index contributed by atoms with van der Waals surface area (Å²) in [4.78, 5) is 4.49. The van der Waals surface area contributed by atoms with Crippen molar-refractivity contribution in [2.45, 2.75) is 18.4 Å². The fourth-order valence-electron chi connectivity index (χ4n) is 2.05. The van der Waals surface area contributed by atoms with Gasteiger partial charge in [-0.05, 0) is 36.8 Å². The summed E-state index contributed by atoms with van der Waals surface area (Å²) in [6, 6.07) is 12.6. The molecule has 114 valence electrons. The van der Waals surface area contributed by atoms with Gasteiger partial charge in [0.25, 0.3) is 0 Å². The van der Waals surface area contributed by atoms with Gasteiger partial charge in [-0.2, -0.15) is 0 Å². The summed E-state index contributed by atoms with van der Waals surface area (Å²) in [7, 11) is -3.66. The van der Waals surface area contributed by atoms with Crippen molar-refractivity contribution in [1.82, 2.24) is 9.71 Å². The summed E-state index contributed by atoms with van der Waals surface area (Å²) < 4.78 is 28.2. The molecule has 0 saturated carbocycles. The van der Waals surface area contributed by atoms with Crippen molar-refractivity contribution in [3.8, 4) is 0 Å². The lowest BCUT2D eigenvalue weighted by Gasteiger charge is -2.07. The first kappa shape index (κ1) is 15.4. The van der Waals surface area contributed by atoms with E-state index in [9.17, 15) is 8.42 Å². The SMILES string of the molecule is Cc1ccc(S(=O)(=O)NCc2nc3ccccc3s2)c(Cl)c1. The second-order valence-electron chi connectivity index (χ2n) is 4.83. The second kappa shape index (κ2) is 5.96. The van der Waals surface area contributed by atoms with Crippen LogP contribution in [0.1, 0.15) is 10.6 Å². The molecule has 1 heterocycles. The topological polar surface area (TPSA) is 59.1 Å². The zero-order chi connectivity index (χ0) is 15.7. The number of aromatic nitrogens is 1. The molecule has 0 fully saturated rings. The van der Waals surface area contributed by atoms with Crippen molar-refractivity contribution in [1.29, 1.82) is 0 Å². The van der Waals surface area contributed by atoms with E-state index in [0.29, 0.717) is 5.01 Å². The van der Waals surface area contributed by atoms with Gasteiger partial charge >= 0.3 is 0 Å². The highest BCUT2D eigenvalue weighted by molar-refractivity contribution is 7.89. The van der Waals surface area contributed by atoms with Crippen LogP contribution in [0.4, 0.5) is 0 Å². The molecular weight excluding hydrogens is 340 g/mol.